The minimum atomic E-state index is 0. The molecule has 0 unspecified atom stereocenters. The quantitative estimate of drug-likeness (QED) is 0.125. The molecule has 0 amide bonds. The molecule has 8 aromatic rings. The predicted molar refractivity (Wildman–Crippen MR) is 209 cm³/mol. The summed E-state index contributed by atoms with van der Waals surface area (Å²) in [6.07, 6.45) is 2.70. The van der Waals surface area contributed by atoms with Crippen LogP contribution in [0.15, 0.2) is 140 Å². The first-order chi connectivity index (χ1) is 21.2. The van der Waals surface area contributed by atoms with E-state index in [9.17, 15) is 0 Å². The maximum absolute atomic E-state index is 3.06. The summed E-state index contributed by atoms with van der Waals surface area (Å²) < 4.78 is 2.43. The molecule has 1 heterocycles. The smallest absolute Gasteiger partial charge is 0.0532 e. The second kappa shape index (κ2) is 16.8. The zero-order chi connectivity index (χ0) is 29.3. The van der Waals surface area contributed by atoms with Gasteiger partial charge in [0.25, 0.3) is 0 Å². The molecule has 0 N–H and O–H groups in total. The third kappa shape index (κ3) is 7.45. The second-order valence-electron chi connectivity index (χ2n) is 11.4. The molecule has 47 heavy (non-hydrogen) atoms. The summed E-state index contributed by atoms with van der Waals surface area (Å²) >= 11 is 1.36. The van der Waals surface area contributed by atoms with Crippen LogP contribution in [-0.4, -0.2) is 11.4 Å². The molecule has 7 aromatic carbocycles. The van der Waals surface area contributed by atoms with Crippen LogP contribution in [0, 0.1) is 21.8 Å². The van der Waals surface area contributed by atoms with Crippen LogP contribution in [0.4, 0.5) is 0 Å². The predicted octanol–water partition coefficient (Wildman–Crippen LogP) is 12.4. The molecule has 0 saturated heterocycles. The van der Waals surface area contributed by atoms with Crippen molar-refractivity contribution in [3.63, 3.8) is 0 Å². The van der Waals surface area contributed by atoms with Crippen molar-refractivity contribution in [3.8, 4) is 16.8 Å². The Morgan fingerprint density at radius 1 is 0.596 bits per heavy atom. The van der Waals surface area contributed by atoms with Gasteiger partial charge in [0.1, 0.15) is 0 Å². The SMILES string of the molecule is Cc1cc2c(-c3ccccc3)cccc2[cH-]1.Cl.Cl.[CH3-].[CH3-].[Si]=[Zr].c1cc(-n2c3ccccc3c3ccccc32)c2cc(C3CC3)[cH-]c2c1. The van der Waals surface area contributed by atoms with Crippen molar-refractivity contribution in [2.24, 2.45) is 0 Å². The molecule has 1 saturated carbocycles. The van der Waals surface area contributed by atoms with Crippen molar-refractivity contribution < 1.29 is 23.3 Å². The monoisotopic (exact) mass is 745 g/mol. The first-order valence-corrected chi connectivity index (χ1v) is 19.1. The molecule has 9 rings (SSSR count). The van der Waals surface area contributed by atoms with E-state index in [4.69, 9.17) is 0 Å². The zero-order valence-electron chi connectivity index (χ0n) is 27.0. The molecule has 1 aliphatic rings. The van der Waals surface area contributed by atoms with Crippen molar-refractivity contribution in [3.05, 3.63) is 166 Å². The van der Waals surface area contributed by atoms with Crippen molar-refractivity contribution in [1.29, 1.82) is 0 Å². The Labute approximate surface area is 308 Å². The maximum Gasteiger partial charge on any atom is 0.0532 e. The number of aryl methyl sites for hydroxylation is 1. The summed E-state index contributed by atoms with van der Waals surface area (Å²) in [4.78, 5) is 0. The summed E-state index contributed by atoms with van der Waals surface area (Å²) in [7, 11) is 0. The van der Waals surface area contributed by atoms with Gasteiger partial charge in [0, 0.05) is 16.5 Å². The number of halogens is 2. The Morgan fingerprint density at radius 3 is 1.77 bits per heavy atom. The Morgan fingerprint density at radius 2 is 1.15 bits per heavy atom. The molecule has 238 valence electrons. The Balaban J connectivity index is 0.000000241. The van der Waals surface area contributed by atoms with E-state index in [1.165, 1.54) is 107 Å². The number of hydrogen-bond acceptors (Lipinski definition) is 0. The van der Waals surface area contributed by atoms with E-state index in [0.29, 0.717) is 0 Å². The van der Waals surface area contributed by atoms with Gasteiger partial charge in [-0.1, -0.05) is 91.3 Å². The third-order valence-corrected chi connectivity index (χ3v) is 8.60. The Kier molecular flexibility index (Phi) is 13.6. The average Bonchev–Trinajstić information content (AvgIpc) is 3.56. The van der Waals surface area contributed by atoms with Crippen LogP contribution in [0.1, 0.15) is 29.9 Å². The first-order valence-electron chi connectivity index (χ1n) is 14.9. The topological polar surface area (TPSA) is 4.93 Å². The minimum Gasteiger partial charge on any atom is -0.318 e. The number of hydrogen-bond donors (Lipinski definition) is 0. The maximum atomic E-state index is 3.06. The molecule has 0 atom stereocenters. The molecule has 1 fully saturated rings. The molecule has 1 aliphatic carbocycles. The molecule has 1 nitrogen and oxygen atoms in total. The van der Waals surface area contributed by atoms with Gasteiger partial charge in [-0.15, -0.1) is 93.9 Å². The van der Waals surface area contributed by atoms with Crippen LogP contribution >= 0.6 is 24.8 Å². The first kappa shape index (κ1) is 38.2. The number of nitrogens with zero attached hydrogens (tertiary/aromatic N) is 1. The van der Waals surface area contributed by atoms with Gasteiger partial charge in [-0.25, -0.2) is 0 Å². The molecule has 1 aromatic heterocycles. The minimum absolute atomic E-state index is 0. The molecule has 5 heteroatoms. The molecule has 0 aliphatic heterocycles. The summed E-state index contributed by atoms with van der Waals surface area (Å²) in [5, 5.41) is 8.07. The number of aromatic nitrogens is 1. The normalized spacial score (nSPS) is 11.6. The van der Waals surface area contributed by atoms with E-state index in [1.54, 1.807) is 0 Å². The van der Waals surface area contributed by atoms with Crippen LogP contribution in [0.3, 0.4) is 0 Å². The molecule has 2 radical (unpaired) electrons. The van der Waals surface area contributed by atoms with Gasteiger partial charge in [-0.05, 0) is 36.5 Å². The largest absolute Gasteiger partial charge is 0.318 e. The van der Waals surface area contributed by atoms with Gasteiger partial charge in [0.05, 0.1) is 11.0 Å². The van der Waals surface area contributed by atoms with Crippen LogP contribution in [-0.2, 0) is 23.3 Å². The van der Waals surface area contributed by atoms with Gasteiger partial charge in [-0.3, -0.25) is 0 Å². The van der Waals surface area contributed by atoms with Crippen LogP contribution in [0.2, 0.25) is 0 Å². The zero-order valence-corrected chi connectivity index (χ0v) is 32.1. The fourth-order valence-electron chi connectivity index (χ4n) is 6.52. The van der Waals surface area contributed by atoms with E-state index in [0.717, 1.165) is 5.92 Å². The van der Waals surface area contributed by atoms with Gasteiger partial charge in [0.2, 0.25) is 0 Å². The van der Waals surface area contributed by atoms with Gasteiger partial charge in [0.15, 0.2) is 0 Å². The summed E-state index contributed by atoms with van der Waals surface area (Å²) in [5.74, 6) is 0.790. The Bertz CT molecular complexity index is 2150. The molecule has 0 bridgehead atoms. The van der Waals surface area contributed by atoms with Gasteiger partial charge in [-0.2, -0.15) is 12.1 Å². The van der Waals surface area contributed by atoms with Gasteiger partial charge < -0.3 is 19.4 Å². The van der Waals surface area contributed by atoms with Crippen molar-refractivity contribution >= 4 is 75.0 Å². The average molecular weight is 748 g/mol. The summed E-state index contributed by atoms with van der Waals surface area (Å²) in [6.45, 7) is 5.21. The van der Waals surface area contributed by atoms with Gasteiger partial charge >= 0.3 is 30.2 Å². The van der Waals surface area contributed by atoms with E-state index < -0.39 is 0 Å². The fourth-order valence-corrected chi connectivity index (χ4v) is 6.52. The summed E-state index contributed by atoms with van der Waals surface area (Å²) in [5.41, 5.74) is 9.32. The number of benzene rings is 5. The van der Waals surface area contributed by atoms with Crippen LogP contribution in [0.5, 0.6) is 0 Å². The van der Waals surface area contributed by atoms with E-state index in [-0.39, 0.29) is 39.7 Å². The summed E-state index contributed by atoms with van der Waals surface area (Å²) in [6, 6.07) is 50.5. The van der Waals surface area contributed by atoms with E-state index in [2.05, 4.69) is 158 Å². The second-order valence-corrected chi connectivity index (χ2v) is 11.4. The van der Waals surface area contributed by atoms with E-state index >= 15 is 0 Å². The fraction of sp³-hybridized carbons (Fsp3) is 0.0952. The number of fused-ring (bicyclic) bond motifs is 5. The van der Waals surface area contributed by atoms with Crippen molar-refractivity contribution in [2.45, 2.75) is 25.7 Å². The van der Waals surface area contributed by atoms with Crippen molar-refractivity contribution in [2.75, 3.05) is 0 Å². The molecular formula is C42H39Cl2NSiZr-4. The molecule has 0 spiro atoms. The standard InChI is InChI=1S/C24H18N.C16H13.2CH3.2ClH.Si.Zr/c1-3-9-22-19(7-1)20-8-2-4-10-23(20)25(22)24-11-5-6-17-14-18(15-21(17)24)16-12-13-16;1-12-10-14-8-5-9-15(16(14)11-12)13-6-3-2-4-7-13;;;;;;/h1-11,14-16H,12-13H2;2-11H,1H3;2*1H3;2*1H;;/q4*-1;;;;. The van der Waals surface area contributed by atoms with Crippen LogP contribution in [0.25, 0.3) is 60.2 Å². The number of rotatable bonds is 3. The third-order valence-electron chi connectivity index (χ3n) is 8.60. The van der Waals surface area contributed by atoms with Crippen molar-refractivity contribution in [1.82, 2.24) is 4.57 Å². The Hall–Kier alpha value is -3.20. The van der Waals surface area contributed by atoms with E-state index in [1.807, 2.05) is 0 Å². The van der Waals surface area contributed by atoms with Crippen LogP contribution < -0.4 is 0 Å². The molecular weight excluding hydrogens is 709 g/mol. The number of para-hydroxylation sites is 2.